The Morgan fingerprint density at radius 3 is 2.65 bits per heavy atom. The average Bonchev–Trinajstić information content (AvgIpc) is 3.08. The van der Waals surface area contributed by atoms with Gasteiger partial charge in [0.05, 0.1) is 32.8 Å². The van der Waals surface area contributed by atoms with E-state index in [9.17, 15) is 9.59 Å². The van der Waals surface area contributed by atoms with Crippen molar-refractivity contribution in [2.24, 2.45) is 0 Å². The van der Waals surface area contributed by atoms with Crippen molar-refractivity contribution in [3.05, 3.63) is 45.3 Å². The number of carbonyl (C=O) groups is 1. The Morgan fingerprint density at radius 2 is 1.92 bits per heavy atom. The van der Waals surface area contributed by atoms with Crippen LogP contribution >= 0.6 is 0 Å². The zero-order valence-corrected chi connectivity index (χ0v) is 15.2. The lowest BCUT2D eigenvalue weighted by Crippen LogP contribution is -3.13. The highest BCUT2D eigenvalue weighted by molar-refractivity contribution is 5.82. The molecule has 0 bridgehead atoms. The number of aryl methyl sites for hydroxylation is 2. The van der Waals surface area contributed by atoms with Crippen LogP contribution in [0, 0.1) is 0 Å². The SMILES string of the molecule is CCOC(=O)N1CC[NH+](Cc2cc(=O)oc3cc4c(cc23)CCC4)CC1. The van der Waals surface area contributed by atoms with Crippen LogP contribution in [-0.4, -0.2) is 43.8 Å². The first-order valence-electron chi connectivity index (χ1n) is 9.48. The minimum absolute atomic E-state index is 0.229. The molecule has 1 N–H and O–H groups in total. The quantitative estimate of drug-likeness (QED) is 0.837. The van der Waals surface area contributed by atoms with Crippen LogP contribution in [0.25, 0.3) is 11.0 Å². The third-order valence-corrected chi connectivity index (χ3v) is 5.48. The monoisotopic (exact) mass is 357 g/mol. The second-order valence-electron chi connectivity index (χ2n) is 7.17. The molecule has 1 saturated heterocycles. The Hall–Kier alpha value is -2.34. The number of ether oxygens (including phenoxy) is 1. The van der Waals surface area contributed by atoms with E-state index in [1.807, 2.05) is 6.92 Å². The molecule has 2 aromatic rings. The number of nitrogens with zero attached hydrogens (tertiary/aromatic N) is 1. The molecule has 1 amide bonds. The van der Waals surface area contributed by atoms with Crippen molar-refractivity contribution in [2.45, 2.75) is 32.7 Å². The molecule has 4 rings (SSSR count). The van der Waals surface area contributed by atoms with Gasteiger partial charge in [-0.2, -0.15) is 0 Å². The number of piperazine rings is 1. The summed E-state index contributed by atoms with van der Waals surface area (Å²) >= 11 is 0. The first kappa shape index (κ1) is 17.1. The lowest BCUT2D eigenvalue weighted by molar-refractivity contribution is -0.917. The van der Waals surface area contributed by atoms with E-state index < -0.39 is 0 Å². The van der Waals surface area contributed by atoms with Crippen molar-refractivity contribution in [1.82, 2.24) is 4.90 Å². The van der Waals surface area contributed by atoms with Crippen LogP contribution in [0.1, 0.15) is 30.0 Å². The van der Waals surface area contributed by atoms with Gasteiger partial charge in [0.1, 0.15) is 12.1 Å². The maximum absolute atomic E-state index is 12.0. The van der Waals surface area contributed by atoms with Crippen molar-refractivity contribution in [3.63, 3.8) is 0 Å². The smallest absolute Gasteiger partial charge is 0.410 e. The number of benzene rings is 1. The van der Waals surface area contributed by atoms with E-state index in [2.05, 4.69) is 12.1 Å². The highest BCUT2D eigenvalue weighted by Crippen LogP contribution is 2.28. The highest BCUT2D eigenvalue weighted by atomic mass is 16.6. The van der Waals surface area contributed by atoms with E-state index in [4.69, 9.17) is 9.15 Å². The van der Waals surface area contributed by atoms with Crippen LogP contribution in [0.4, 0.5) is 4.79 Å². The maximum Gasteiger partial charge on any atom is 0.410 e. The second kappa shape index (κ2) is 7.11. The molecule has 6 nitrogen and oxygen atoms in total. The molecule has 1 aromatic heterocycles. The average molecular weight is 357 g/mol. The van der Waals surface area contributed by atoms with Gasteiger partial charge in [-0.15, -0.1) is 0 Å². The van der Waals surface area contributed by atoms with E-state index in [1.54, 1.807) is 11.0 Å². The van der Waals surface area contributed by atoms with E-state index >= 15 is 0 Å². The van der Waals surface area contributed by atoms with Crippen LogP contribution in [0.5, 0.6) is 0 Å². The van der Waals surface area contributed by atoms with Gasteiger partial charge in [0.25, 0.3) is 0 Å². The van der Waals surface area contributed by atoms with Crippen molar-refractivity contribution >= 4 is 17.1 Å². The van der Waals surface area contributed by atoms with E-state index in [0.717, 1.165) is 43.4 Å². The number of hydrogen-bond donors (Lipinski definition) is 1. The van der Waals surface area contributed by atoms with Crippen molar-refractivity contribution in [2.75, 3.05) is 32.8 Å². The van der Waals surface area contributed by atoms with E-state index in [1.165, 1.54) is 22.4 Å². The summed E-state index contributed by atoms with van der Waals surface area (Å²) in [7, 11) is 0. The number of quaternary nitrogens is 1. The fourth-order valence-corrected chi connectivity index (χ4v) is 4.11. The number of rotatable bonds is 3. The van der Waals surface area contributed by atoms with Gasteiger partial charge in [0.15, 0.2) is 0 Å². The molecular weight excluding hydrogens is 332 g/mol. The van der Waals surface area contributed by atoms with Gasteiger partial charge in [-0.25, -0.2) is 9.59 Å². The standard InChI is InChI=1S/C20H24N2O4/c1-2-25-20(24)22-8-6-21(7-9-22)13-16-12-19(23)26-18-11-15-5-3-4-14(15)10-17(16)18/h10-12H,2-9,13H2,1H3/p+1. The lowest BCUT2D eigenvalue weighted by atomic mass is 10.0. The van der Waals surface area contributed by atoms with Crippen molar-refractivity contribution in [3.8, 4) is 0 Å². The van der Waals surface area contributed by atoms with Gasteiger partial charge in [-0.1, -0.05) is 0 Å². The van der Waals surface area contributed by atoms with Crippen LogP contribution in [0.3, 0.4) is 0 Å². The fourth-order valence-electron chi connectivity index (χ4n) is 4.11. The minimum Gasteiger partial charge on any atom is -0.450 e. The van der Waals surface area contributed by atoms with Gasteiger partial charge < -0.3 is 14.1 Å². The molecule has 6 heteroatoms. The highest BCUT2D eigenvalue weighted by Gasteiger charge is 2.25. The topological polar surface area (TPSA) is 64.2 Å². The Balaban J connectivity index is 1.53. The molecule has 1 aromatic carbocycles. The number of amides is 1. The summed E-state index contributed by atoms with van der Waals surface area (Å²) in [5, 5.41) is 1.06. The Morgan fingerprint density at radius 1 is 1.19 bits per heavy atom. The number of nitrogens with one attached hydrogen (secondary N) is 1. The van der Waals surface area contributed by atoms with Gasteiger partial charge in [-0.3, -0.25) is 4.90 Å². The molecule has 0 spiro atoms. The molecule has 0 saturated carbocycles. The molecule has 2 heterocycles. The minimum atomic E-state index is -0.282. The van der Waals surface area contributed by atoms with Gasteiger partial charge in [0.2, 0.25) is 0 Å². The normalized spacial score (nSPS) is 17.5. The maximum atomic E-state index is 12.0. The summed E-state index contributed by atoms with van der Waals surface area (Å²) in [5.41, 5.74) is 4.17. The second-order valence-corrected chi connectivity index (χ2v) is 7.17. The lowest BCUT2D eigenvalue weighted by Gasteiger charge is -2.31. The molecule has 1 aliphatic carbocycles. The third kappa shape index (κ3) is 3.33. The van der Waals surface area contributed by atoms with Gasteiger partial charge in [-0.05, 0) is 49.4 Å². The number of fused-ring (bicyclic) bond motifs is 2. The summed E-state index contributed by atoms with van der Waals surface area (Å²) in [6.07, 6.45) is 3.12. The van der Waals surface area contributed by atoms with E-state index in [0.29, 0.717) is 25.3 Å². The first-order valence-corrected chi connectivity index (χ1v) is 9.48. The zero-order chi connectivity index (χ0) is 18.1. The van der Waals surface area contributed by atoms with Crippen LogP contribution in [0.2, 0.25) is 0 Å². The molecule has 26 heavy (non-hydrogen) atoms. The summed E-state index contributed by atoms with van der Waals surface area (Å²) < 4.78 is 10.5. The number of carbonyl (C=O) groups excluding carboxylic acids is 1. The molecule has 1 fully saturated rings. The summed E-state index contributed by atoms with van der Waals surface area (Å²) in [5.74, 6) is 0. The molecule has 138 valence electrons. The molecular formula is C20H25N2O4+. The van der Waals surface area contributed by atoms with Crippen LogP contribution in [-0.2, 0) is 24.1 Å². The van der Waals surface area contributed by atoms with Crippen molar-refractivity contribution in [1.29, 1.82) is 0 Å². The van der Waals surface area contributed by atoms with E-state index in [-0.39, 0.29) is 11.7 Å². The van der Waals surface area contributed by atoms with Gasteiger partial charge >= 0.3 is 11.7 Å². The summed E-state index contributed by atoms with van der Waals surface area (Å²) in [4.78, 5) is 27.0. The van der Waals surface area contributed by atoms with Crippen LogP contribution in [0.15, 0.2) is 27.4 Å². The Bertz CT molecular complexity index is 881. The largest absolute Gasteiger partial charge is 0.450 e. The molecule has 0 atom stereocenters. The zero-order valence-electron chi connectivity index (χ0n) is 15.2. The van der Waals surface area contributed by atoms with Gasteiger partial charge in [0, 0.05) is 17.0 Å². The first-order chi connectivity index (χ1) is 12.6. The molecule has 2 aliphatic rings. The predicted molar refractivity (Wildman–Crippen MR) is 97.5 cm³/mol. The Labute approximate surface area is 152 Å². The molecule has 0 unspecified atom stereocenters. The van der Waals surface area contributed by atoms with Crippen LogP contribution < -0.4 is 10.5 Å². The number of hydrogen-bond acceptors (Lipinski definition) is 4. The third-order valence-electron chi connectivity index (χ3n) is 5.48. The Kier molecular flexibility index (Phi) is 4.68. The summed E-state index contributed by atoms with van der Waals surface area (Å²) in [6.45, 7) is 6.07. The summed E-state index contributed by atoms with van der Waals surface area (Å²) in [6, 6.07) is 5.90. The van der Waals surface area contributed by atoms with Crippen molar-refractivity contribution < 1.29 is 18.8 Å². The molecule has 0 radical (unpaired) electrons. The molecule has 1 aliphatic heterocycles. The fraction of sp³-hybridized carbons (Fsp3) is 0.500. The predicted octanol–water partition coefficient (Wildman–Crippen LogP) is 1.14.